The number of urea groups is 1. The summed E-state index contributed by atoms with van der Waals surface area (Å²) >= 11 is 0. The van der Waals surface area contributed by atoms with Crippen LogP contribution in [-0.4, -0.2) is 59.1 Å². The number of hydrogen-bond donors (Lipinski definition) is 2. The number of anilines is 1. The molecule has 0 aromatic carbocycles. The van der Waals surface area contributed by atoms with E-state index < -0.39 is 0 Å². The summed E-state index contributed by atoms with van der Waals surface area (Å²) in [7, 11) is 1.81. The van der Waals surface area contributed by atoms with Crippen molar-refractivity contribution in [2.75, 3.05) is 38.2 Å². The molecule has 1 saturated heterocycles. The van der Waals surface area contributed by atoms with E-state index in [0.717, 1.165) is 38.4 Å². The maximum atomic E-state index is 12.1. The third-order valence-corrected chi connectivity index (χ3v) is 4.41. The van der Waals surface area contributed by atoms with Gasteiger partial charge in [0.05, 0.1) is 18.9 Å². The maximum Gasteiger partial charge on any atom is 0.320 e. The molecule has 2 heterocycles. The monoisotopic (exact) mass is 309 g/mol. The molecule has 0 spiro atoms. The van der Waals surface area contributed by atoms with Gasteiger partial charge in [-0.25, -0.2) is 4.79 Å². The molecule has 2 amide bonds. The van der Waals surface area contributed by atoms with Crippen molar-refractivity contribution in [3.63, 3.8) is 0 Å². The van der Waals surface area contributed by atoms with E-state index in [1.807, 2.05) is 20.0 Å². The Morgan fingerprint density at radius 3 is 2.68 bits per heavy atom. The van der Waals surface area contributed by atoms with E-state index in [9.17, 15) is 4.79 Å². The summed E-state index contributed by atoms with van der Waals surface area (Å²) in [6.45, 7) is 10.2. The van der Waals surface area contributed by atoms with Crippen molar-refractivity contribution in [2.45, 2.75) is 32.7 Å². The topological polar surface area (TPSA) is 71.4 Å². The molecule has 2 rings (SSSR count). The van der Waals surface area contributed by atoms with Crippen LogP contribution in [0.1, 0.15) is 26.0 Å². The van der Waals surface area contributed by atoms with Crippen LogP contribution in [0.25, 0.3) is 0 Å². The summed E-state index contributed by atoms with van der Waals surface area (Å²) in [5.74, 6) is 0.694. The van der Waals surface area contributed by atoms with Crippen LogP contribution in [0.5, 0.6) is 0 Å². The predicted molar refractivity (Wildman–Crippen MR) is 86.1 cm³/mol. The first-order chi connectivity index (χ1) is 10.4. The minimum absolute atomic E-state index is 0.0521. The molecule has 7 nitrogen and oxygen atoms in total. The van der Waals surface area contributed by atoms with Gasteiger partial charge in [0, 0.05) is 38.3 Å². The van der Waals surface area contributed by atoms with Crippen molar-refractivity contribution in [1.29, 1.82) is 0 Å². The van der Waals surface area contributed by atoms with Crippen molar-refractivity contribution in [3.8, 4) is 0 Å². The minimum atomic E-state index is -0.198. The molecule has 1 fully saturated rings. The maximum absolute atomic E-state index is 12.1. The molecule has 1 aromatic heterocycles. The van der Waals surface area contributed by atoms with Crippen LogP contribution >= 0.6 is 0 Å². The van der Waals surface area contributed by atoms with Gasteiger partial charge in [0.15, 0.2) is 0 Å². The molecule has 0 saturated carbocycles. The number of ether oxygens (including phenoxy) is 1. The molecule has 7 heteroatoms. The van der Waals surface area contributed by atoms with Crippen LogP contribution < -0.4 is 10.6 Å². The number of rotatable bonds is 5. The zero-order valence-corrected chi connectivity index (χ0v) is 14.0. The largest absolute Gasteiger partial charge is 0.379 e. The van der Waals surface area contributed by atoms with Crippen LogP contribution in [0.3, 0.4) is 0 Å². The fourth-order valence-corrected chi connectivity index (χ4v) is 2.72. The fourth-order valence-electron chi connectivity index (χ4n) is 2.72. The third-order valence-electron chi connectivity index (χ3n) is 4.41. The van der Waals surface area contributed by atoms with E-state index in [1.54, 1.807) is 4.68 Å². The number of hydrogen-bond acceptors (Lipinski definition) is 4. The molecule has 1 aliphatic rings. The summed E-state index contributed by atoms with van der Waals surface area (Å²) in [6, 6.07) is 1.65. The van der Waals surface area contributed by atoms with Crippen molar-refractivity contribution in [1.82, 2.24) is 20.0 Å². The zero-order chi connectivity index (χ0) is 16.2. The fraction of sp³-hybridized carbons (Fsp3) is 0.733. The average molecular weight is 309 g/mol. The van der Waals surface area contributed by atoms with Crippen LogP contribution in [0.15, 0.2) is 6.07 Å². The summed E-state index contributed by atoms with van der Waals surface area (Å²) in [5.41, 5.74) is 0.827. The number of carbonyl (C=O) groups excluding carboxylic acids is 1. The van der Waals surface area contributed by atoms with Gasteiger partial charge in [0.1, 0.15) is 5.82 Å². The van der Waals surface area contributed by atoms with Crippen LogP contribution in [0, 0.1) is 6.92 Å². The first kappa shape index (κ1) is 16.8. The number of aryl methyl sites for hydroxylation is 2. The molecule has 0 aliphatic carbocycles. The van der Waals surface area contributed by atoms with Gasteiger partial charge < -0.3 is 10.1 Å². The van der Waals surface area contributed by atoms with Crippen molar-refractivity contribution in [2.24, 2.45) is 7.05 Å². The van der Waals surface area contributed by atoms with Crippen LogP contribution in [-0.2, 0) is 11.8 Å². The van der Waals surface area contributed by atoms with E-state index >= 15 is 0 Å². The second-order valence-corrected chi connectivity index (χ2v) is 6.05. The van der Waals surface area contributed by atoms with Crippen LogP contribution in [0.4, 0.5) is 10.6 Å². The van der Waals surface area contributed by atoms with Gasteiger partial charge in [-0.15, -0.1) is 0 Å². The Labute approximate surface area is 132 Å². The molecule has 0 unspecified atom stereocenters. The highest BCUT2D eigenvalue weighted by atomic mass is 16.5. The van der Waals surface area contributed by atoms with Gasteiger partial charge >= 0.3 is 6.03 Å². The van der Waals surface area contributed by atoms with Crippen molar-refractivity contribution >= 4 is 11.8 Å². The van der Waals surface area contributed by atoms with Gasteiger partial charge in [0.2, 0.25) is 0 Å². The molecule has 124 valence electrons. The van der Waals surface area contributed by atoms with E-state index in [4.69, 9.17) is 4.74 Å². The number of nitrogens with one attached hydrogen (secondary N) is 2. The Balaban J connectivity index is 1.89. The lowest BCUT2D eigenvalue weighted by molar-refractivity contribution is -0.0163. The molecule has 22 heavy (non-hydrogen) atoms. The highest BCUT2D eigenvalue weighted by Crippen LogP contribution is 2.20. The minimum Gasteiger partial charge on any atom is -0.379 e. The van der Waals surface area contributed by atoms with Gasteiger partial charge in [-0.05, 0) is 20.3 Å². The molecule has 0 bridgehead atoms. The number of aromatic nitrogens is 2. The summed E-state index contributed by atoms with van der Waals surface area (Å²) in [6.07, 6.45) is 0.970. The van der Waals surface area contributed by atoms with E-state index in [2.05, 4.69) is 34.5 Å². The molecule has 2 N–H and O–H groups in total. The van der Waals surface area contributed by atoms with Gasteiger partial charge in [-0.3, -0.25) is 14.9 Å². The van der Waals surface area contributed by atoms with Gasteiger partial charge in [0.25, 0.3) is 0 Å². The molecule has 1 aliphatic heterocycles. The molecule has 0 radical (unpaired) electrons. The lowest BCUT2D eigenvalue weighted by atomic mass is 9.95. The first-order valence-corrected chi connectivity index (χ1v) is 7.83. The molecule has 1 aromatic rings. The normalized spacial score (nSPS) is 18.7. The Morgan fingerprint density at radius 1 is 1.45 bits per heavy atom. The van der Waals surface area contributed by atoms with Crippen molar-refractivity contribution in [3.05, 3.63) is 11.8 Å². The van der Waals surface area contributed by atoms with Gasteiger partial charge in [-0.2, -0.15) is 5.10 Å². The van der Waals surface area contributed by atoms with Crippen LogP contribution in [0.2, 0.25) is 0 Å². The molecule has 1 atom stereocenters. The lowest BCUT2D eigenvalue weighted by Gasteiger charge is -2.43. The second kappa shape index (κ2) is 7.11. The number of nitrogens with zero attached hydrogens (tertiary/aromatic N) is 3. The standard InChI is InChI=1S/C15H27N5O2/c1-5-15(3,20-6-8-22-9-7-20)11-16-14(21)17-13-10-12(2)18-19(13)4/h10H,5-9,11H2,1-4H3,(H2,16,17,21)/t15-/m1/s1. The quantitative estimate of drug-likeness (QED) is 0.861. The smallest absolute Gasteiger partial charge is 0.320 e. The lowest BCUT2D eigenvalue weighted by Crippen LogP contribution is -2.57. The van der Waals surface area contributed by atoms with Crippen molar-refractivity contribution < 1.29 is 9.53 Å². The molecular formula is C15H27N5O2. The number of carbonyl (C=O) groups is 1. The predicted octanol–water partition coefficient (Wildman–Crippen LogP) is 1.35. The second-order valence-electron chi connectivity index (χ2n) is 6.05. The Hall–Kier alpha value is -1.60. The van der Waals surface area contributed by atoms with Gasteiger partial charge in [-0.1, -0.05) is 6.92 Å². The van der Waals surface area contributed by atoms with E-state index in [1.165, 1.54) is 0 Å². The van der Waals surface area contributed by atoms with E-state index in [0.29, 0.717) is 12.4 Å². The highest BCUT2D eigenvalue weighted by Gasteiger charge is 2.31. The average Bonchev–Trinajstić information content (AvgIpc) is 2.83. The highest BCUT2D eigenvalue weighted by molar-refractivity contribution is 5.88. The SMILES string of the molecule is CC[C@](C)(CNC(=O)Nc1cc(C)nn1C)N1CCOCC1. The van der Waals surface area contributed by atoms with E-state index in [-0.39, 0.29) is 11.6 Å². The Morgan fingerprint density at radius 2 is 2.14 bits per heavy atom. The Kier molecular flexibility index (Phi) is 5.42. The summed E-state index contributed by atoms with van der Waals surface area (Å²) in [4.78, 5) is 14.5. The summed E-state index contributed by atoms with van der Waals surface area (Å²) < 4.78 is 7.07. The Bertz CT molecular complexity index is 510. The number of morpholine rings is 1. The molecular weight excluding hydrogens is 282 g/mol. The number of amides is 2. The first-order valence-electron chi connectivity index (χ1n) is 7.83. The zero-order valence-electron chi connectivity index (χ0n) is 14.0. The summed E-state index contributed by atoms with van der Waals surface area (Å²) in [5, 5.41) is 10.0. The third kappa shape index (κ3) is 3.98.